The van der Waals surface area contributed by atoms with Crippen LogP contribution in [0.4, 0.5) is 18.9 Å². The highest BCUT2D eigenvalue weighted by molar-refractivity contribution is 8.00. The Morgan fingerprint density at radius 1 is 1.06 bits per heavy atom. The number of benzene rings is 1. The van der Waals surface area contributed by atoms with Gasteiger partial charge in [-0.1, -0.05) is 12.1 Å². The Morgan fingerprint density at radius 2 is 1.69 bits per heavy atom. The van der Waals surface area contributed by atoms with E-state index < -0.39 is 5.51 Å². The maximum Gasteiger partial charge on any atom is 0.446 e. The third-order valence-corrected chi connectivity index (χ3v) is 3.33. The minimum absolute atomic E-state index is 0.0275. The standard InChI is InChI=1S/C11H12F3NS/c12-11(13,14)16-10-6-2-1-5-9(10)15-7-3-4-8-15/h1-2,5-6H,3-4,7-8H2. The molecule has 1 aromatic carbocycles. The highest BCUT2D eigenvalue weighted by Gasteiger charge is 2.31. The molecule has 88 valence electrons. The fourth-order valence-electron chi connectivity index (χ4n) is 1.89. The summed E-state index contributed by atoms with van der Waals surface area (Å²) in [5.74, 6) is 0. The van der Waals surface area contributed by atoms with Gasteiger partial charge >= 0.3 is 5.51 Å². The van der Waals surface area contributed by atoms with Crippen molar-refractivity contribution in [3.05, 3.63) is 24.3 Å². The smallest absolute Gasteiger partial charge is 0.371 e. The molecule has 1 aliphatic rings. The molecule has 5 heteroatoms. The number of para-hydroxylation sites is 1. The van der Waals surface area contributed by atoms with E-state index in [0.717, 1.165) is 25.9 Å². The topological polar surface area (TPSA) is 3.24 Å². The number of hydrogen-bond acceptors (Lipinski definition) is 2. The Hall–Kier alpha value is -0.840. The van der Waals surface area contributed by atoms with Crippen molar-refractivity contribution in [2.75, 3.05) is 18.0 Å². The van der Waals surface area contributed by atoms with E-state index in [1.165, 1.54) is 6.07 Å². The van der Waals surface area contributed by atoms with Crippen LogP contribution in [0.15, 0.2) is 29.2 Å². The van der Waals surface area contributed by atoms with Crippen molar-refractivity contribution in [2.24, 2.45) is 0 Å². The normalized spacial score (nSPS) is 16.8. The van der Waals surface area contributed by atoms with Gasteiger partial charge < -0.3 is 4.90 Å². The summed E-state index contributed by atoms with van der Waals surface area (Å²) in [6.45, 7) is 1.71. The first-order valence-electron chi connectivity index (χ1n) is 5.16. The summed E-state index contributed by atoms with van der Waals surface area (Å²) in [6, 6.07) is 6.73. The van der Waals surface area contributed by atoms with E-state index >= 15 is 0 Å². The highest BCUT2D eigenvalue weighted by Crippen LogP contribution is 2.41. The molecule has 0 amide bonds. The van der Waals surface area contributed by atoms with E-state index in [1.807, 2.05) is 4.90 Å². The maximum atomic E-state index is 12.4. The van der Waals surface area contributed by atoms with Crippen molar-refractivity contribution in [2.45, 2.75) is 23.2 Å². The molecular formula is C11H12F3NS. The van der Waals surface area contributed by atoms with Crippen LogP contribution < -0.4 is 4.90 Å². The molecule has 0 aliphatic carbocycles. The highest BCUT2D eigenvalue weighted by atomic mass is 32.2. The molecule has 0 aromatic heterocycles. The zero-order valence-corrected chi connectivity index (χ0v) is 9.44. The van der Waals surface area contributed by atoms with Crippen LogP contribution in [0.2, 0.25) is 0 Å². The largest absolute Gasteiger partial charge is 0.446 e. The Balaban J connectivity index is 2.23. The average Bonchev–Trinajstić information content (AvgIpc) is 2.69. The van der Waals surface area contributed by atoms with Crippen molar-refractivity contribution >= 4 is 17.4 Å². The number of nitrogens with zero attached hydrogens (tertiary/aromatic N) is 1. The lowest BCUT2D eigenvalue weighted by Gasteiger charge is -2.21. The fourth-order valence-corrected chi connectivity index (χ4v) is 2.59. The summed E-state index contributed by atoms with van der Waals surface area (Å²) >= 11 is -0.0275. The van der Waals surface area contributed by atoms with Gasteiger partial charge in [0.1, 0.15) is 0 Å². The number of anilines is 1. The van der Waals surface area contributed by atoms with E-state index in [0.29, 0.717) is 10.6 Å². The SMILES string of the molecule is FC(F)(F)Sc1ccccc1N1CCCC1. The average molecular weight is 247 g/mol. The Morgan fingerprint density at radius 3 is 2.31 bits per heavy atom. The molecule has 0 radical (unpaired) electrons. The fraction of sp³-hybridized carbons (Fsp3) is 0.455. The molecule has 2 rings (SSSR count). The number of halogens is 3. The maximum absolute atomic E-state index is 12.4. The molecule has 1 aliphatic heterocycles. The molecule has 0 atom stereocenters. The van der Waals surface area contributed by atoms with Crippen molar-refractivity contribution in [1.29, 1.82) is 0 Å². The number of hydrogen-bond donors (Lipinski definition) is 0. The second-order valence-electron chi connectivity index (χ2n) is 3.71. The van der Waals surface area contributed by atoms with E-state index in [1.54, 1.807) is 18.2 Å². The van der Waals surface area contributed by atoms with E-state index in [9.17, 15) is 13.2 Å². The summed E-state index contributed by atoms with van der Waals surface area (Å²) in [7, 11) is 0. The van der Waals surface area contributed by atoms with Crippen molar-refractivity contribution < 1.29 is 13.2 Å². The van der Waals surface area contributed by atoms with Gasteiger partial charge in [0.25, 0.3) is 0 Å². The zero-order chi connectivity index (χ0) is 11.6. The van der Waals surface area contributed by atoms with Crippen LogP contribution in [-0.4, -0.2) is 18.6 Å². The molecule has 1 saturated heterocycles. The molecule has 1 aromatic rings. The van der Waals surface area contributed by atoms with E-state index in [4.69, 9.17) is 0 Å². The van der Waals surface area contributed by atoms with Crippen molar-refractivity contribution in [3.63, 3.8) is 0 Å². The van der Waals surface area contributed by atoms with Crippen molar-refractivity contribution in [1.82, 2.24) is 0 Å². The van der Waals surface area contributed by atoms with Gasteiger partial charge in [-0.2, -0.15) is 13.2 Å². The predicted molar refractivity (Wildman–Crippen MR) is 59.8 cm³/mol. The molecule has 1 heterocycles. The molecule has 1 nitrogen and oxygen atoms in total. The molecule has 0 unspecified atom stereocenters. The lowest BCUT2D eigenvalue weighted by atomic mass is 10.3. The van der Waals surface area contributed by atoms with Gasteiger partial charge in [-0.05, 0) is 36.7 Å². The van der Waals surface area contributed by atoms with Crippen LogP contribution in [0.1, 0.15) is 12.8 Å². The van der Waals surface area contributed by atoms with Crippen molar-refractivity contribution in [3.8, 4) is 0 Å². The van der Waals surface area contributed by atoms with Gasteiger partial charge in [0.05, 0.1) is 5.69 Å². The monoisotopic (exact) mass is 247 g/mol. The van der Waals surface area contributed by atoms with Gasteiger partial charge in [-0.15, -0.1) is 0 Å². The van der Waals surface area contributed by atoms with Gasteiger partial charge in [0.2, 0.25) is 0 Å². The van der Waals surface area contributed by atoms with Gasteiger partial charge in [0.15, 0.2) is 0 Å². The first kappa shape index (κ1) is 11.6. The minimum Gasteiger partial charge on any atom is -0.371 e. The molecule has 16 heavy (non-hydrogen) atoms. The summed E-state index contributed by atoms with van der Waals surface area (Å²) in [5.41, 5.74) is -3.50. The third kappa shape index (κ3) is 2.84. The number of alkyl halides is 3. The quantitative estimate of drug-likeness (QED) is 0.729. The molecule has 0 spiro atoms. The Bertz CT molecular complexity index is 358. The lowest BCUT2D eigenvalue weighted by molar-refractivity contribution is -0.0328. The minimum atomic E-state index is -4.21. The first-order chi connectivity index (χ1) is 7.56. The summed E-state index contributed by atoms with van der Waals surface area (Å²) in [4.78, 5) is 2.32. The van der Waals surface area contributed by atoms with Crippen LogP contribution in [0.25, 0.3) is 0 Å². The second-order valence-corrected chi connectivity index (χ2v) is 4.82. The second kappa shape index (κ2) is 4.57. The van der Waals surface area contributed by atoms with E-state index in [-0.39, 0.29) is 11.8 Å². The molecule has 1 fully saturated rings. The van der Waals surface area contributed by atoms with Gasteiger partial charge in [0, 0.05) is 18.0 Å². The predicted octanol–water partition coefficient (Wildman–Crippen LogP) is 3.90. The summed E-state index contributed by atoms with van der Waals surface area (Å²) in [6.07, 6.45) is 2.12. The third-order valence-electron chi connectivity index (χ3n) is 2.54. The van der Waals surface area contributed by atoms with Crippen LogP contribution in [-0.2, 0) is 0 Å². The Kier molecular flexibility index (Phi) is 3.33. The first-order valence-corrected chi connectivity index (χ1v) is 5.98. The molecule has 0 bridgehead atoms. The van der Waals surface area contributed by atoms with E-state index in [2.05, 4.69) is 0 Å². The molecule has 0 N–H and O–H groups in total. The lowest BCUT2D eigenvalue weighted by Crippen LogP contribution is -2.18. The number of rotatable bonds is 2. The Labute approximate surface area is 96.6 Å². The zero-order valence-electron chi connectivity index (χ0n) is 8.63. The summed E-state index contributed by atoms with van der Waals surface area (Å²) in [5, 5.41) is 0. The van der Waals surface area contributed by atoms with Gasteiger partial charge in [-0.3, -0.25) is 0 Å². The molecule has 0 saturated carbocycles. The van der Waals surface area contributed by atoms with Gasteiger partial charge in [-0.25, -0.2) is 0 Å². The van der Waals surface area contributed by atoms with Crippen LogP contribution in [0, 0.1) is 0 Å². The summed E-state index contributed by atoms with van der Waals surface area (Å²) < 4.78 is 37.1. The number of thioether (sulfide) groups is 1. The van der Waals surface area contributed by atoms with Crippen LogP contribution >= 0.6 is 11.8 Å². The van der Waals surface area contributed by atoms with Crippen LogP contribution in [0.5, 0.6) is 0 Å². The molecular weight excluding hydrogens is 235 g/mol. The van der Waals surface area contributed by atoms with Crippen LogP contribution in [0.3, 0.4) is 0 Å².